The van der Waals surface area contributed by atoms with Crippen molar-refractivity contribution >= 4 is 15.7 Å². The van der Waals surface area contributed by atoms with Crippen LogP contribution in [0.25, 0.3) is 5.69 Å². The summed E-state index contributed by atoms with van der Waals surface area (Å²) in [4.78, 5) is 11.3. The molecule has 5 rings (SSSR count). The molecule has 3 aromatic rings. The number of methoxy groups -OCH3 is 1. The summed E-state index contributed by atoms with van der Waals surface area (Å²) < 4.78 is 61.9. The molecule has 0 spiro atoms. The fraction of sp³-hybridized carbons (Fsp3) is 0.333. The van der Waals surface area contributed by atoms with Gasteiger partial charge in [0.25, 0.3) is 0 Å². The van der Waals surface area contributed by atoms with Crippen molar-refractivity contribution in [2.24, 2.45) is 5.16 Å². The van der Waals surface area contributed by atoms with Gasteiger partial charge in [-0.25, -0.2) is 22.2 Å². The Hall–Kier alpha value is -3.47. The van der Waals surface area contributed by atoms with Crippen molar-refractivity contribution in [3.63, 3.8) is 0 Å². The molecular weight excluding hydrogens is 478 g/mol. The van der Waals surface area contributed by atoms with Gasteiger partial charge in [0, 0.05) is 24.4 Å². The molecule has 2 aliphatic heterocycles. The van der Waals surface area contributed by atoms with Crippen LogP contribution in [0.4, 0.5) is 8.78 Å². The number of imidazole rings is 1. The molecule has 0 bridgehead atoms. The highest BCUT2D eigenvalue weighted by Crippen LogP contribution is 2.34. The van der Waals surface area contributed by atoms with E-state index in [-0.39, 0.29) is 11.5 Å². The molecule has 0 N–H and O–H groups in total. The van der Waals surface area contributed by atoms with Gasteiger partial charge in [-0.2, -0.15) is 0 Å². The fourth-order valence-electron chi connectivity index (χ4n) is 4.74. The highest BCUT2D eigenvalue weighted by Gasteiger charge is 2.44. The molecule has 0 saturated carbocycles. The Labute approximate surface area is 201 Å². The van der Waals surface area contributed by atoms with Gasteiger partial charge in [0.2, 0.25) is 0 Å². The Bertz CT molecular complexity index is 1390. The lowest BCUT2D eigenvalue weighted by Gasteiger charge is -2.43. The van der Waals surface area contributed by atoms with Crippen LogP contribution >= 0.6 is 0 Å². The van der Waals surface area contributed by atoms with Crippen LogP contribution in [0.3, 0.4) is 0 Å². The van der Waals surface area contributed by atoms with Gasteiger partial charge in [0.1, 0.15) is 24.0 Å². The second-order valence-corrected chi connectivity index (χ2v) is 10.8. The lowest BCUT2D eigenvalue weighted by Crippen LogP contribution is -2.57. The molecule has 11 heteroatoms. The SMILES string of the molecule is COc1cc(C2=NOCC3C(S(=O)(=O)c4cc(F)cc(F)c4)CCCN23)ccc1-n1cnc(C)c1. The zero-order valence-electron chi connectivity index (χ0n) is 19.2. The van der Waals surface area contributed by atoms with E-state index < -0.39 is 32.8 Å². The molecule has 2 aliphatic rings. The molecule has 184 valence electrons. The van der Waals surface area contributed by atoms with E-state index in [1.165, 1.54) is 0 Å². The van der Waals surface area contributed by atoms with Crippen LogP contribution in [0.5, 0.6) is 5.75 Å². The zero-order chi connectivity index (χ0) is 24.7. The number of nitrogens with zero attached hydrogens (tertiary/aromatic N) is 4. The average Bonchev–Trinajstić information content (AvgIpc) is 3.28. The molecule has 2 unspecified atom stereocenters. The van der Waals surface area contributed by atoms with Crippen LogP contribution in [-0.4, -0.2) is 60.3 Å². The summed E-state index contributed by atoms with van der Waals surface area (Å²) in [5.41, 5.74) is 2.35. The molecule has 1 aromatic heterocycles. The van der Waals surface area contributed by atoms with Gasteiger partial charge in [-0.15, -0.1) is 0 Å². The third kappa shape index (κ3) is 4.24. The maximum Gasteiger partial charge on any atom is 0.183 e. The Morgan fingerprint density at radius 3 is 2.60 bits per heavy atom. The molecule has 3 heterocycles. The van der Waals surface area contributed by atoms with Crippen molar-refractivity contribution in [3.05, 3.63) is 71.8 Å². The molecule has 2 aromatic carbocycles. The number of hydrogen-bond acceptors (Lipinski definition) is 7. The molecular formula is C24H24F2N4O4S. The number of sulfone groups is 1. The normalized spacial score (nSPS) is 20.1. The van der Waals surface area contributed by atoms with Crippen molar-refractivity contribution in [2.45, 2.75) is 36.0 Å². The highest BCUT2D eigenvalue weighted by molar-refractivity contribution is 7.92. The van der Waals surface area contributed by atoms with Crippen LogP contribution in [0.2, 0.25) is 0 Å². The lowest BCUT2D eigenvalue weighted by atomic mass is 9.99. The Morgan fingerprint density at radius 2 is 1.91 bits per heavy atom. The van der Waals surface area contributed by atoms with Crippen LogP contribution in [-0.2, 0) is 14.7 Å². The van der Waals surface area contributed by atoms with Crippen LogP contribution in [0, 0.1) is 18.6 Å². The quantitative estimate of drug-likeness (QED) is 0.531. The number of oxime groups is 1. The second kappa shape index (κ2) is 8.95. The maximum atomic E-state index is 13.8. The van der Waals surface area contributed by atoms with E-state index in [2.05, 4.69) is 10.1 Å². The number of hydrogen-bond donors (Lipinski definition) is 0. The largest absolute Gasteiger partial charge is 0.495 e. The van der Waals surface area contributed by atoms with Gasteiger partial charge in [-0.05, 0) is 50.1 Å². The van der Waals surface area contributed by atoms with Crippen LogP contribution in [0.15, 0.2) is 59.0 Å². The van der Waals surface area contributed by atoms with Gasteiger partial charge >= 0.3 is 0 Å². The first-order valence-electron chi connectivity index (χ1n) is 11.1. The Kier molecular flexibility index (Phi) is 5.96. The number of aryl methyl sites for hydroxylation is 1. The first-order valence-corrected chi connectivity index (χ1v) is 12.7. The van der Waals surface area contributed by atoms with E-state index in [4.69, 9.17) is 9.57 Å². The van der Waals surface area contributed by atoms with E-state index >= 15 is 0 Å². The number of aromatic nitrogens is 2. The predicted octanol–water partition coefficient (Wildman–Crippen LogP) is 3.47. The summed E-state index contributed by atoms with van der Waals surface area (Å²) in [7, 11) is -2.46. The molecule has 8 nitrogen and oxygen atoms in total. The first kappa shape index (κ1) is 23.3. The van der Waals surface area contributed by atoms with Crippen LogP contribution in [0.1, 0.15) is 24.1 Å². The molecule has 0 amide bonds. The Morgan fingerprint density at radius 1 is 1.14 bits per heavy atom. The molecule has 35 heavy (non-hydrogen) atoms. The Balaban J connectivity index is 1.48. The summed E-state index contributed by atoms with van der Waals surface area (Å²) in [6.07, 6.45) is 4.49. The van der Waals surface area contributed by atoms with E-state index in [1.807, 2.05) is 40.8 Å². The van der Waals surface area contributed by atoms with Crippen LogP contribution < -0.4 is 4.74 Å². The molecule has 2 atom stereocenters. The summed E-state index contributed by atoms with van der Waals surface area (Å²) in [6.45, 7) is 2.51. The molecule has 0 radical (unpaired) electrons. The molecule has 0 aliphatic carbocycles. The number of amidine groups is 1. The van der Waals surface area contributed by atoms with Gasteiger partial charge in [-0.1, -0.05) is 5.16 Å². The van der Waals surface area contributed by atoms with E-state index in [9.17, 15) is 17.2 Å². The summed E-state index contributed by atoms with van der Waals surface area (Å²) in [5.74, 6) is -0.795. The summed E-state index contributed by atoms with van der Waals surface area (Å²) in [6, 6.07) is 7.36. The molecule has 1 fully saturated rings. The van der Waals surface area contributed by atoms with Crippen molar-refractivity contribution in [1.82, 2.24) is 14.5 Å². The first-order chi connectivity index (χ1) is 16.8. The number of fused-ring (bicyclic) bond motifs is 1. The predicted molar refractivity (Wildman–Crippen MR) is 124 cm³/mol. The zero-order valence-corrected chi connectivity index (χ0v) is 20.0. The van der Waals surface area contributed by atoms with Gasteiger partial charge < -0.3 is 19.0 Å². The van der Waals surface area contributed by atoms with Gasteiger partial charge in [0.05, 0.1) is 41.0 Å². The van der Waals surface area contributed by atoms with Crippen molar-refractivity contribution < 1.29 is 26.8 Å². The van der Waals surface area contributed by atoms with Gasteiger partial charge in [0.15, 0.2) is 15.7 Å². The topological polar surface area (TPSA) is 86.0 Å². The highest BCUT2D eigenvalue weighted by atomic mass is 32.2. The van der Waals surface area contributed by atoms with E-state index in [0.717, 1.165) is 23.5 Å². The minimum Gasteiger partial charge on any atom is -0.495 e. The monoisotopic (exact) mass is 502 g/mol. The third-order valence-corrected chi connectivity index (χ3v) is 8.62. The fourth-order valence-corrected chi connectivity index (χ4v) is 6.76. The van der Waals surface area contributed by atoms with Crippen molar-refractivity contribution in [3.8, 4) is 11.4 Å². The summed E-state index contributed by atoms with van der Waals surface area (Å²) in [5, 5.41) is 3.33. The van der Waals surface area contributed by atoms with E-state index in [0.29, 0.717) is 42.6 Å². The number of rotatable bonds is 5. The number of benzene rings is 2. The standard InChI is InChI=1S/C24H24F2N4O4S/c1-15-12-29(14-27-15)20-6-5-16(8-22(20)33-2)24-28-34-13-21-23(4-3-7-30(21)24)35(31,32)19-10-17(25)9-18(26)11-19/h5-6,8-12,14,21,23H,3-4,7,13H2,1-2H3. The molecule has 1 saturated heterocycles. The van der Waals surface area contributed by atoms with Gasteiger partial charge in [-0.3, -0.25) is 0 Å². The third-order valence-electron chi connectivity index (χ3n) is 6.38. The minimum absolute atomic E-state index is 0.0503. The smallest absolute Gasteiger partial charge is 0.183 e. The van der Waals surface area contributed by atoms with Crippen molar-refractivity contribution in [1.29, 1.82) is 0 Å². The number of piperidine rings is 1. The maximum absolute atomic E-state index is 13.8. The number of ether oxygens (including phenoxy) is 1. The second-order valence-electron chi connectivity index (χ2n) is 8.61. The van der Waals surface area contributed by atoms with Crippen molar-refractivity contribution in [2.75, 3.05) is 20.3 Å². The number of halogens is 2. The lowest BCUT2D eigenvalue weighted by molar-refractivity contribution is 0.0475. The van der Waals surface area contributed by atoms with E-state index in [1.54, 1.807) is 13.4 Å². The summed E-state index contributed by atoms with van der Waals surface area (Å²) >= 11 is 0. The average molecular weight is 503 g/mol. The minimum atomic E-state index is -4.03.